The summed E-state index contributed by atoms with van der Waals surface area (Å²) in [7, 11) is 0. The van der Waals surface area contributed by atoms with E-state index in [1.54, 1.807) is 12.1 Å². The van der Waals surface area contributed by atoms with Gasteiger partial charge in [-0.15, -0.1) is 0 Å². The van der Waals surface area contributed by atoms with E-state index in [1.807, 2.05) is 19.1 Å². The van der Waals surface area contributed by atoms with Gasteiger partial charge in [0.1, 0.15) is 6.04 Å². The monoisotopic (exact) mass is 251 g/mol. The maximum atomic E-state index is 12.0. The molecule has 5 nitrogen and oxygen atoms in total. The van der Waals surface area contributed by atoms with E-state index in [0.29, 0.717) is 12.0 Å². The molecule has 1 aromatic carbocycles. The predicted molar refractivity (Wildman–Crippen MR) is 66.4 cm³/mol. The highest BCUT2D eigenvalue weighted by atomic mass is 16.4. The molecule has 1 amide bonds. The zero-order valence-corrected chi connectivity index (χ0v) is 10.2. The Labute approximate surface area is 105 Å². The molecule has 0 radical (unpaired) electrons. The zero-order chi connectivity index (χ0) is 13.5. The van der Waals surface area contributed by atoms with Gasteiger partial charge in [-0.1, -0.05) is 25.1 Å². The minimum Gasteiger partial charge on any atom is -0.480 e. The number of aryl methyl sites for hydroxylation is 1. The number of amides is 1. The largest absolute Gasteiger partial charge is 0.480 e. The van der Waals surface area contributed by atoms with Crippen molar-refractivity contribution in [1.82, 2.24) is 5.32 Å². The van der Waals surface area contributed by atoms with Crippen LogP contribution in [-0.2, 0) is 11.2 Å². The molecule has 1 aromatic rings. The van der Waals surface area contributed by atoms with Crippen molar-refractivity contribution in [3.8, 4) is 0 Å². The summed E-state index contributed by atoms with van der Waals surface area (Å²) in [5.74, 6) is -1.57. The maximum Gasteiger partial charge on any atom is 0.326 e. The van der Waals surface area contributed by atoms with Crippen LogP contribution in [0.3, 0.4) is 0 Å². The lowest BCUT2D eigenvalue weighted by atomic mass is 10.0. The second kappa shape index (κ2) is 6.76. The number of aliphatic carboxylic acids is 1. The van der Waals surface area contributed by atoms with Crippen molar-refractivity contribution in [3.05, 3.63) is 35.4 Å². The van der Waals surface area contributed by atoms with Crippen molar-refractivity contribution >= 4 is 11.9 Å². The molecule has 0 saturated carbocycles. The van der Waals surface area contributed by atoms with E-state index in [9.17, 15) is 9.59 Å². The highest BCUT2D eigenvalue weighted by molar-refractivity contribution is 5.97. The van der Waals surface area contributed by atoms with Gasteiger partial charge in [-0.2, -0.15) is 0 Å². The van der Waals surface area contributed by atoms with Crippen molar-refractivity contribution in [2.75, 3.05) is 6.61 Å². The molecule has 1 atom stereocenters. The highest BCUT2D eigenvalue weighted by Crippen LogP contribution is 2.09. The molecule has 98 valence electrons. The SMILES string of the molecule is CCc1ccccc1C(=O)NC(CCO)C(=O)O. The average molecular weight is 251 g/mol. The second-order valence-electron chi connectivity index (χ2n) is 3.89. The van der Waals surface area contributed by atoms with Gasteiger partial charge in [0, 0.05) is 18.6 Å². The fourth-order valence-corrected chi connectivity index (χ4v) is 1.67. The number of carboxylic acid groups (broad SMARTS) is 1. The summed E-state index contributed by atoms with van der Waals surface area (Å²) in [6.07, 6.45) is 0.691. The zero-order valence-electron chi connectivity index (χ0n) is 10.2. The Morgan fingerprint density at radius 3 is 2.56 bits per heavy atom. The van der Waals surface area contributed by atoms with E-state index in [4.69, 9.17) is 10.2 Å². The van der Waals surface area contributed by atoms with Crippen molar-refractivity contribution in [1.29, 1.82) is 0 Å². The molecule has 0 bridgehead atoms. The molecule has 0 aliphatic carbocycles. The number of nitrogens with one attached hydrogen (secondary N) is 1. The summed E-state index contributed by atoms with van der Waals surface area (Å²) in [4.78, 5) is 22.8. The number of hydrogen-bond donors (Lipinski definition) is 3. The Bertz CT molecular complexity index is 431. The van der Waals surface area contributed by atoms with Gasteiger partial charge in [-0.25, -0.2) is 4.79 Å². The molecule has 0 fully saturated rings. The third-order valence-corrected chi connectivity index (χ3v) is 2.66. The van der Waals surface area contributed by atoms with Gasteiger partial charge in [0.15, 0.2) is 0 Å². The minimum absolute atomic E-state index is 0.00460. The van der Waals surface area contributed by atoms with Gasteiger partial charge in [0.2, 0.25) is 0 Å². The first-order chi connectivity index (χ1) is 8.60. The Morgan fingerprint density at radius 2 is 2.00 bits per heavy atom. The van der Waals surface area contributed by atoms with E-state index in [0.717, 1.165) is 5.56 Å². The Hall–Kier alpha value is -1.88. The predicted octanol–water partition coefficient (Wildman–Crippen LogP) is 0.814. The molecule has 0 aromatic heterocycles. The lowest BCUT2D eigenvalue weighted by Crippen LogP contribution is -2.41. The van der Waals surface area contributed by atoms with Crippen LogP contribution in [-0.4, -0.2) is 34.7 Å². The maximum absolute atomic E-state index is 12.0. The van der Waals surface area contributed by atoms with Gasteiger partial charge in [-0.3, -0.25) is 4.79 Å². The van der Waals surface area contributed by atoms with Gasteiger partial charge >= 0.3 is 5.97 Å². The van der Waals surface area contributed by atoms with Gasteiger partial charge in [0.25, 0.3) is 5.91 Å². The Kier molecular flexibility index (Phi) is 5.32. The van der Waals surface area contributed by atoms with E-state index < -0.39 is 17.9 Å². The average Bonchev–Trinajstić information content (AvgIpc) is 2.37. The number of hydrogen-bond acceptors (Lipinski definition) is 3. The summed E-state index contributed by atoms with van der Waals surface area (Å²) in [6, 6.07) is 5.99. The molecule has 3 N–H and O–H groups in total. The fraction of sp³-hybridized carbons (Fsp3) is 0.385. The van der Waals surface area contributed by atoms with Crippen LogP contribution in [0.1, 0.15) is 29.3 Å². The molecule has 1 rings (SSSR count). The smallest absolute Gasteiger partial charge is 0.326 e. The lowest BCUT2D eigenvalue weighted by molar-refractivity contribution is -0.139. The summed E-state index contributed by atoms with van der Waals surface area (Å²) in [5.41, 5.74) is 1.34. The Balaban J connectivity index is 2.83. The molecule has 1 unspecified atom stereocenters. The van der Waals surface area contributed by atoms with Crippen LogP contribution < -0.4 is 5.32 Å². The summed E-state index contributed by atoms with van der Waals surface area (Å²) < 4.78 is 0. The molecule has 0 heterocycles. The van der Waals surface area contributed by atoms with Crippen LogP contribution in [0.25, 0.3) is 0 Å². The number of benzene rings is 1. The fourth-order valence-electron chi connectivity index (χ4n) is 1.67. The number of rotatable bonds is 6. The molecule has 5 heteroatoms. The topological polar surface area (TPSA) is 86.6 Å². The number of aliphatic hydroxyl groups is 1. The van der Waals surface area contributed by atoms with E-state index in [-0.39, 0.29) is 13.0 Å². The third-order valence-electron chi connectivity index (χ3n) is 2.66. The van der Waals surface area contributed by atoms with Gasteiger partial charge in [0.05, 0.1) is 0 Å². The van der Waals surface area contributed by atoms with Gasteiger partial charge < -0.3 is 15.5 Å². The normalized spacial score (nSPS) is 11.9. The van der Waals surface area contributed by atoms with Crippen LogP contribution in [0, 0.1) is 0 Å². The van der Waals surface area contributed by atoms with E-state index in [1.165, 1.54) is 0 Å². The van der Waals surface area contributed by atoms with Crippen molar-refractivity contribution in [2.45, 2.75) is 25.8 Å². The molecular weight excluding hydrogens is 234 g/mol. The number of carbonyl (C=O) groups is 2. The van der Waals surface area contributed by atoms with Crippen LogP contribution in [0.5, 0.6) is 0 Å². The van der Waals surface area contributed by atoms with Crippen molar-refractivity contribution in [2.24, 2.45) is 0 Å². The van der Waals surface area contributed by atoms with Crippen LogP contribution >= 0.6 is 0 Å². The number of carbonyl (C=O) groups excluding carboxylic acids is 1. The number of aliphatic hydroxyl groups excluding tert-OH is 1. The van der Waals surface area contributed by atoms with Crippen molar-refractivity contribution in [3.63, 3.8) is 0 Å². The molecule has 0 aliphatic heterocycles. The van der Waals surface area contributed by atoms with Gasteiger partial charge in [-0.05, 0) is 18.1 Å². The quantitative estimate of drug-likeness (QED) is 0.698. The van der Waals surface area contributed by atoms with Crippen molar-refractivity contribution < 1.29 is 19.8 Å². The minimum atomic E-state index is -1.15. The van der Waals surface area contributed by atoms with Crippen LogP contribution in [0.2, 0.25) is 0 Å². The first kappa shape index (κ1) is 14.2. The molecular formula is C13H17NO4. The summed E-state index contributed by atoms with van der Waals surface area (Å²) in [6.45, 7) is 1.64. The lowest BCUT2D eigenvalue weighted by Gasteiger charge is -2.14. The third kappa shape index (κ3) is 3.56. The highest BCUT2D eigenvalue weighted by Gasteiger charge is 2.20. The Morgan fingerprint density at radius 1 is 1.33 bits per heavy atom. The van der Waals surface area contributed by atoms with Crippen LogP contribution in [0.4, 0.5) is 0 Å². The second-order valence-corrected chi connectivity index (χ2v) is 3.89. The van der Waals surface area contributed by atoms with Crippen LogP contribution in [0.15, 0.2) is 24.3 Å². The molecule has 0 aliphatic rings. The summed E-state index contributed by atoms with van der Waals surface area (Å²) in [5, 5.41) is 20.1. The summed E-state index contributed by atoms with van der Waals surface area (Å²) >= 11 is 0. The first-order valence-corrected chi connectivity index (χ1v) is 5.82. The first-order valence-electron chi connectivity index (χ1n) is 5.82. The van der Waals surface area contributed by atoms with E-state index >= 15 is 0 Å². The molecule has 0 saturated heterocycles. The molecule has 18 heavy (non-hydrogen) atoms. The van der Waals surface area contributed by atoms with E-state index in [2.05, 4.69) is 5.32 Å². The number of carboxylic acids is 1. The molecule has 0 spiro atoms. The standard InChI is InChI=1S/C13H17NO4/c1-2-9-5-3-4-6-10(9)12(16)14-11(7-8-15)13(17)18/h3-6,11,15H,2,7-8H2,1H3,(H,14,16)(H,17,18).